The highest BCUT2D eigenvalue weighted by Crippen LogP contribution is 2.00. The molecule has 0 spiro atoms. The van der Waals surface area contributed by atoms with Crippen molar-refractivity contribution in [1.82, 2.24) is 9.55 Å². The molecule has 18 heavy (non-hydrogen) atoms. The van der Waals surface area contributed by atoms with Crippen LogP contribution in [0.25, 0.3) is 0 Å². The van der Waals surface area contributed by atoms with Gasteiger partial charge in [-0.2, -0.15) is 0 Å². The van der Waals surface area contributed by atoms with Crippen molar-refractivity contribution >= 4 is 5.69 Å². The molecular weight excluding hydrogens is 234 g/mol. The van der Waals surface area contributed by atoms with Gasteiger partial charge in [0.25, 0.3) is 5.56 Å². The number of benzene rings is 1. The van der Waals surface area contributed by atoms with E-state index in [1.807, 2.05) is 30.3 Å². The molecule has 0 radical (unpaired) electrons. The maximum atomic E-state index is 11.4. The number of nitrogens with one attached hydrogen (secondary N) is 1. The van der Waals surface area contributed by atoms with E-state index in [9.17, 15) is 9.59 Å². The number of aromatic amines is 1. The van der Waals surface area contributed by atoms with Gasteiger partial charge in [-0.1, -0.05) is 30.3 Å². The summed E-state index contributed by atoms with van der Waals surface area (Å²) >= 11 is 0. The molecule has 0 atom stereocenters. The third kappa shape index (κ3) is 2.86. The maximum Gasteiger partial charge on any atom is 0.330 e. The van der Waals surface area contributed by atoms with E-state index >= 15 is 0 Å². The minimum absolute atomic E-state index is 0.0158. The zero-order valence-corrected chi connectivity index (χ0v) is 9.63. The van der Waals surface area contributed by atoms with Crippen LogP contribution in [0.3, 0.4) is 0 Å². The molecule has 2 rings (SSSR count). The molecule has 0 unspecified atom stereocenters. The summed E-state index contributed by atoms with van der Waals surface area (Å²) in [5.41, 5.74) is 5.28. The second-order valence-electron chi connectivity index (χ2n) is 3.78. The molecule has 1 heterocycles. The first-order valence-electron chi connectivity index (χ1n) is 5.38. The molecule has 1 aromatic carbocycles. The monoisotopic (exact) mass is 247 g/mol. The average molecular weight is 247 g/mol. The predicted octanol–water partition coefficient (Wildman–Crippen LogP) is 0.293. The van der Waals surface area contributed by atoms with Crippen LogP contribution in [0.5, 0.6) is 0 Å². The molecule has 0 saturated carbocycles. The molecule has 0 aliphatic rings. The number of hydrogen-bond acceptors (Lipinski definition) is 4. The smallest absolute Gasteiger partial charge is 0.330 e. The summed E-state index contributed by atoms with van der Waals surface area (Å²) in [6.07, 6.45) is 1.27. The lowest BCUT2D eigenvalue weighted by atomic mass is 10.2. The topological polar surface area (TPSA) is 90.1 Å². The zero-order chi connectivity index (χ0) is 13.0. The van der Waals surface area contributed by atoms with Crippen molar-refractivity contribution in [3.05, 3.63) is 62.9 Å². The summed E-state index contributed by atoms with van der Waals surface area (Å²) in [6.45, 7) is 0.418. The van der Waals surface area contributed by atoms with Crippen LogP contribution >= 0.6 is 0 Å². The number of nitrogens with zero attached hydrogens (tertiary/aromatic N) is 1. The number of rotatable bonds is 4. The van der Waals surface area contributed by atoms with Gasteiger partial charge in [-0.3, -0.25) is 14.3 Å². The summed E-state index contributed by atoms with van der Waals surface area (Å²) in [6, 6.07) is 9.57. The van der Waals surface area contributed by atoms with Gasteiger partial charge in [0.05, 0.1) is 6.61 Å². The second-order valence-corrected chi connectivity index (χ2v) is 3.78. The third-order valence-electron chi connectivity index (χ3n) is 2.38. The molecule has 6 heteroatoms. The number of anilines is 1. The minimum Gasteiger partial charge on any atom is -0.393 e. The van der Waals surface area contributed by atoms with Crippen LogP contribution in [0, 0.1) is 0 Å². The van der Waals surface area contributed by atoms with E-state index in [4.69, 9.17) is 10.5 Å². The van der Waals surface area contributed by atoms with Crippen LogP contribution in [0.1, 0.15) is 5.56 Å². The Hall–Kier alpha value is -2.34. The van der Waals surface area contributed by atoms with E-state index in [1.165, 1.54) is 10.8 Å². The standard InChI is InChI=1S/C12H13N3O3/c13-10-6-15(12(17)14-11(10)16)8-18-7-9-4-2-1-3-5-9/h1-6H,7-8,13H2,(H,14,16,17). The van der Waals surface area contributed by atoms with Crippen LogP contribution in [0.2, 0.25) is 0 Å². The van der Waals surface area contributed by atoms with E-state index in [0.717, 1.165) is 5.56 Å². The highest BCUT2D eigenvalue weighted by atomic mass is 16.5. The van der Waals surface area contributed by atoms with E-state index < -0.39 is 11.2 Å². The second kappa shape index (κ2) is 5.33. The first kappa shape index (κ1) is 12.1. The van der Waals surface area contributed by atoms with Gasteiger partial charge in [-0.25, -0.2) is 4.79 Å². The molecule has 94 valence electrons. The van der Waals surface area contributed by atoms with E-state index in [-0.39, 0.29) is 12.4 Å². The van der Waals surface area contributed by atoms with Crippen molar-refractivity contribution in [1.29, 1.82) is 0 Å². The summed E-state index contributed by atoms with van der Waals surface area (Å²) in [5, 5.41) is 0. The van der Waals surface area contributed by atoms with E-state index in [0.29, 0.717) is 6.61 Å². The number of nitrogens with two attached hydrogens (primary N) is 1. The Morgan fingerprint density at radius 2 is 1.94 bits per heavy atom. The van der Waals surface area contributed by atoms with Crippen molar-refractivity contribution in [2.45, 2.75) is 13.3 Å². The fraction of sp³-hybridized carbons (Fsp3) is 0.167. The number of hydrogen-bond donors (Lipinski definition) is 2. The Morgan fingerprint density at radius 1 is 1.22 bits per heavy atom. The van der Waals surface area contributed by atoms with Gasteiger partial charge >= 0.3 is 5.69 Å². The SMILES string of the molecule is Nc1cn(COCc2ccccc2)c(=O)[nH]c1=O. The van der Waals surface area contributed by atoms with Gasteiger partial charge in [0.15, 0.2) is 0 Å². The molecule has 0 aliphatic heterocycles. The number of aromatic nitrogens is 2. The first-order valence-corrected chi connectivity index (χ1v) is 5.38. The number of H-pyrrole nitrogens is 1. The fourth-order valence-corrected chi connectivity index (χ4v) is 1.46. The lowest BCUT2D eigenvalue weighted by molar-refractivity contribution is 0.0609. The van der Waals surface area contributed by atoms with Gasteiger partial charge in [0, 0.05) is 6.20 Å². The third-order valence-corrected chi connectivity index (χ3v) is 2.38. The molecule has 0 fully saturated rings. The van der Waals surface area contributed by atoms with E-state index in [1.54, 1.807) is 0 Å². The number of ether oxygens (including phenoxy) is 1. The molecule has 6 nitrogen and oxygen atoms in total. The zero-order valence-electron chi connectivity index (χ0n) is 9.63. The average Bonchev–Trinajstić information content (AvgIpc) is 2.37. The fourth-order valence-electron chi connectivity index (χ4n) is 1.46. The minimum atomic E-state index is -0.584. The van der Waals surface area contributed by atoms with Gasteiger partial charge in [-0.05, 0) is 5.56 Å². The van der Waals surface area contributed by atoms with Gasteiger partial charge in [-0.15, -0.1) is 0 Å². The normalized spacial score (nSPS) is 10.4. The molecule has 1 aromatic heterocycles. The lowest BCUT2D eigenvalue weighted by Crippen LogP contribution is -2.31. The number of nitrogen functional groups attached to an aromatic ring is 1. The van der Waals surface area contributed by atoms with Gasteiger partial charge in [0.1, 0.15) is 12.4 Å². The maximum absolute atomic E-state index is 11.4. The van der Waals surface area contributed by atoms with Crippen LogP contribution in [-0.2, 0) is 18.1 Å². The van der Waals surface area contributed by atoms with Crippen molar-refractivity contribution in [2.24, 2.45) is 0 Å². The first-order chi connectivity index (χ1) is 8.66. The van der Waals surface area contributed by atoms with Crippen LogP contribution < -0.4 is 17.0 Å². The highest BCUT2D eigenvalue weighted by Gasteiger charge is 2.01. The lowest BCUT2D eigenvalue weighted by Gasteiger charge is -2.07. The Labute approximate surface area is 103 Å². The van der Waals surface area contributed by atoms with E-state index in [2.05, 4.69) is 4.98 Å². The van der Waals surface area contributed by atoms with Crippen molar-refractivity contribution in [3.8, 4) is 0 Å². The highest BCUT2D eigenvalue weighted by molar-refractivity contribution is 5.30. The van der Waals surface area contributed by atoms with Crippen LogP contribution in [0.4, 0.5) is 5.69 Å². The molecule has 2 aromatic rings. The van der Waals surface area contributed by atoms with Crippen LogP contribution in [-0.4, -0.2) is 9.55 Å². The predicted molar refractivity (Wildman–Crippen MR) is 67.0 cm³/mol. The molecule has 0 saturated heterocycles. The summed E-state index contributed by atoms with van der Waals surface area (Å²) in [4.78, 5) is 24.6. The molecule has 0 amide bonds. The Morgan fingerprint density at radius 3 is 2.67 bits per heavy atom. The Balaban J connectivity index is 2.01. The molecule has 0 aliphatic carbocycles. The van der Waals surface area contributed by atoms with Crippen molar-refractivity contribution in [3.63, 3.8) is 0 Å². The largest absolute Gasteiger partial charge is 0.393 e. The summed E-state index contributed by atoms with van der Waals surface area (Å²) in [7, 11) is 0. The Bertz CT molecular complexity index is 631. The summed E-state index contributed by atoms with van der Waals surface area (Å²) < 4.78 is 6.57. The van der Waals surface area contributed by atoms with Gasteiger partial charge in [0.2, 0.25) is 0 Å². The quantitative estimate of drug-likeness (QED) is 0.812. The summed E-state index contributed by atoms with van der Waals surface area (Å²) in [5.74, 6) is 0. The Kier molecular flexibility index (Phi) is 3.59. The molecular formula is C12H13N3O3. The molecule has 0 bridgehead atoms. The molecule has 3 N–H and O–H groups in total. The van der Waals surface area contributed by atoms with Gasteiger partial charge < -0.3 is 10.5 Å². The van der Waals surface area contributed by atoms with Crippen LogP contribution in [0.15, 0.2) is 46.1 Å². The van der Waals surface area contributed by atoms with Crippen molar-refractivity contribution in [2.75, 3.05) is 5.73 Å². The van der Waals surface area contributed by atoms with Crippen molar-refractivity contribution < 1.29 is 4.74 Å².